The molecule has 0 aliphatic carbocycles. The van der Waals surface area contributed by atoms with E-state index >= 15 is 0 Å². The highest BCUT2D eigenvalue weighted by Crippen LogP contribution is 2.31. The molecule has 2 heterocycles. The number of nitrogens with zero attached hydrogens (tertiary/aromatic N) is 3. The molecule has 0 amide bonds. The molecule has 2 aromatic heterocycles. The summed E-state index contributed by atoms with van der Waals surface area (Å²) in [4.78, 5) is 12.4. The molecule has 4 N–H and O–H groups in total. The van der Waals surface area contributed by atoms with Crippen LogP contribution < -0.4 is 11.1 Å². The van der Waals surface area contributed by atoms with Crippen LogP contribution in [0.5, 0.6) is 5.75 Å². The van der Waals surface area contributed by atoms with Crippen LogP contribution in [0, 0.1) is 0 Å². The first-order valence-corrected chi connectivity index (χ1v) is 7.21. The standard InChI is InChI=1S/C15H12BrN5O/c16-12-4-3-10(22)6-11(12)13-7-14(21-15(17)20-13)19-9-2-1-5-18-8-9/h1-8,22H,(H3,17,19,20,21). The number of phenolic OH excluding ortho intramolecular Hbond substituents is 1. The van der Waals surface area contributed by atoms with Crippen LogP contribution in [0.1, 0.15) is 0 Å². The number of nitrogen functional groups attached to an aromatic ring is 1. The molecule has 7 heteroatoms. The third-order valence-electron chi connectivity index (χ3n) is 2.90. The summed E-state index contributed by atoms with van der Waals surface area (Å²) in [5, 5.41) is 12.8. The highest BCUT2D eigenvalue weighted by molar-refractivity contribution is 9.10. The molecule has 6 nitrogen and oxygen atoms in total. The van der Waals surface area contributed by atoms with Gasteiger partial charge in [0.25, 0.3) is 0 Å². The van der Waals surface area contributed by atoms with Gasteiger partial charge in [0.15, 0.2) is 0 Å². The first kappa shape index (κ1) is 14.3. The van der Waals surface area contributed by atoms with Crippen molar-refractivity contribution in [3.8, 4) is 17.0 Å². The summed E-state index contributed by atoms with van der Waals surface area (Å²) < 4.78 is 0.802. The van der Waals surface area contributed by atoms with Crippen LogP contribution in [-0.4, -0.2) is 20.1 Å². The summed E-state index contributed by atoms with van der Waals surface area (Å²) in [6.45, 7) is 0. The van der Waals surface area contributed by atoms with Gasteiger partial charge in [-0.25, -0.2) is 4.98 Å². The van der Waals surface area contributed by atoms with Gasteiger partial charge < -0.3 is 16.2 Å². The van der Waals surface area contributed by atoms with Crippen molar-refractivity contribution in [2.45, 2.75) is 0 Å². The first-order chi connectivity index (χ1) is 10.6. The van der Waals surface area contributed by atoms with E-state index in [0.717, 1.165) is 15.7 Å². The lowest BCUT2D eigenvalue weighted by molar-refractivity contribution is 0.475. The van der Waals surface area contributed by atoms with E-state index in [4.69, 9.17) is 5.73 Å². The summed E-state index contributed by atoms with van der Waals surface area (Å²) in [7, 11) is 0. The second-order valence-corrected chi connectivity index (χ2v) is 5.38. The zero-order valence-corrected chi connectivity index (χ0v) is 12.9. The van der Waals surface area contributed by atoms with Gasteiger partial charge in [-0.05, 0) is 30.3 Å². The van der Waals surface area contributed by atoms with Gasteiger partial charge in [-0.1, -0.05) is 15.9 Å². The summed E-state index contributed by atoms with van der Waals surface area (Å²) in [5.41, 5.74) is 7.90. The van der Waals surface area contributed by atoms with Crippen molar-refractivity contribution >= 4 is 33.4 Å². The Morgan fingerprint density at radius 1 is 1.14 bits per heavy atom. The number of nitrogens with two attached hydrogens (primary N) is 1. The van der Waals surface area contributed by atoms with Crippen LogP contribution in [-0.2, 0) is 0 Å². The van der Waals surface area contributed by atoms with Crippen LogP contribution in [0.15, 0.2) is 53.3 Å². The summed E-state index contributed by atoms with van der Waals surface area (Å²) in [5.74, 6) is 0.835. The number of phenols is 1. The maximum absolute atomic E-state index is 9.65. The van der Waals surface area contributed by atoms with E-state index in [2.05, 4.69) is 36.2 Å². The molecule has 0 aliphatic heterocycles. The van der Waals surface area contributed by atoms with E-state index in [9.17, 15) is 5.11 Å². The van der Waals surface area contributed by atoms with Crippen molar-refractivity contribution in [3.63, 3.8) is 0 Å². The molecule has 0 unspecified atom stereocenters. The number of halogens is 1. The van der Waals surface area contributed by atoms with E-state index < -0.39 is 0 Å². The number of benzene rings is 1. The van der Waals surface area contributed by atoms with Gasteiger partial charge in [0.1, 0.15) is 11.6 Å². The lowest BCUT2D eigenvalue weighted by Crippen LogP contribution is -2.01. The molecular weight excluding hydrogens is 346 g/mol. The zero-order chi connectivity index (χ0) is 15.5. The summed E-state index contributed by atoms with van der Waals surface area (Å²) >= 11 is 3.44. The number of hydrogen-bond acceptors (Lipinski definition) is 6. The van der Waals surface area contributed by atoms with Gasteiger partial charge in [0.05, 0.1) is 17.6 Å². The molecule has 110 valence electrons. The Morgan fingerprint density at radius 2 is 2.00 bits per heavy atom. The molecule has 0 saturated heterocycles. The minimum Gasteiger partial charge on any atom is -0.508 e. The molecule has 3 rings (SSSR count). The van der Waals surface area contributed by atoms with Crippen LogP contribution in [0.2, 0.25) is 0 Å². The molecule has 0 radical (unpaired) electrons. The van der Waals surface area contributed by atoms with Gasteiger partial charge in [-0.15, -0.1) is 0 Å². The van der Waals surface area contributed by atoms with Crippen LogP contribution in [0.3, 0.4) is 0 Å². The van der Waals surface area contributed by atoms with Crippen molar-refractivity contribution in [1.82, 2.24) is 15.0 Å². The maximum Gasteiger partial charge on any atom is 0.222 e. The monoisotopic (exact) mass is 357 g/mol. The van der Waals surface area contributed by atoms with E-state index in [1.807, 2.05) is 12.1 Å². The molecule has 0 fully saturated rings. The molecular formula is C15H12BrN5O. The molecule has 0 aliphatic rings. The van der Waals surface area contributed by atoms with E-state index in [1.165, 1.54) is 0 Å². The normalized spacial score (nSPS) is 10.4. The van der Waals surface area contributed by atoms with Crippen molar-refractivity contribution in [2.24, 2.45) is 0 Å². The fourth-order valence-corrected chi connectivity index (χ4v) is 2.41. The van der Waals surface area contributed by atoms with Crippen LogP contribution in [0.25, 0.3) is 11.3 Å². The Bertz CT molecular complexity index is 810. The quantitative estimate of drug-likeness (QED) is 0.665. The number of aromatic nitrogens is 3. The minimum absolute atomic E-state index is 0.138. The fourth-order valence-electron chi connectivity index (χ4n) is 1.96. The van der Waals surface area contributed by atoms with Crippen molar-refractivity contribution in [2.75, 3.05) is 11.1 Å². The largest absolute Gasteiger partial charge is 0.508 e. The molecule has 0 spiro atoms. The molecule has 22 heavy (non-hydrogen) atoms. The Balaban J connectivity index is 2.01. The van der Waals surface area contributed by atoms with Gasteiger partial charge in [0.2, 0.25) is 5.95 Å². The molecule has 1 aromatic carbocycles. The zero-order valence-electron chi connectivity index (χ0n) is 11.4. The number of hydrogen-bond donors (Lipinski definition) is 3. The average Bonchev–Trinajstić information content (AvgIpc) is 2.50. The Hall–Kier alpha value is -2.67. The number of rotatable bonds is 3. The van der Waals surface area contributed by atoms with Gasteiger partial charge in [-0.3, -0.25) is 4.98 Å². The highest BCUT2D eigenvalue weighted by Gasteiger charge is 2.09. The lowest BCUT2D eigenvalue weighted by Gasteiger charge is -2.09. The SMILES string of the molecule is Nc1nc(Nc2cccnc2)cc(-c2cc(O)ccc2Br)n1. The molecule has 3 aromatic rings. The van der Waals surface area contributed by atoms with Gasteiger partial charge in [0, 0.05) is 22.3 Å². The van der Waals surface area contributed by atoms with E-state index in [1.54, 1.807) is 36.7 Å². The van der Waals surface area contributed by atoms with Gasteiger partial charge >= 0.3 is 0 Å². The molecule has 0 saturated carbocycles. The highest BCUT2D eigenvalue weighted by atomic mass is 79.9. The maximum atomic E-state index is 9.65. The fraction of sp³-hybridized carbons (Fsp3) is 0. The number of pyridine rings is 1. The van der Waals surface area contributed by atoms with Crippen molar-refractivity contribution < 1.29 is 5.11 Å². The van der Waals surface area contributed by atoms with Gasteiger partial charge in [-0.2, -0.15) is 4.98 Å². The Kier molecular flexibility index (Phi) is 3.88. The van der Waals surface area contributed by atoms with Crippen LogP contribution in [0.4, 0.5) is 17.5 Å². The van der Waals surface area contributed by atoms with E-state index in [-0.39, 0.29) is 11.7 Å². The topological polar surface area (TPSA) is 97.0 Å². The van der Waals surface area contributed by atoms with Crippen molar-refractivity contribution in [1.29, 1.82) is 0 Å². The second-order valence-electron chi connectivity index (χ2n) is 4.53. The first-order valence-electron chi connectivity index (χ1n) is 6.42. The van der Waals surface area contributed by atoms with E-state index in [0.29, 0.717) is 11.5 Å². The Labute approximate surface area is 135 Å². The Morgan fingerprint density at radius 3 is 2.77 bits per heavy atom. The van der Waals surface area contributed by atoms with Crippen molar-refractivity contribution in [3.05, 3.63) is 53.3 Å². The van der Waals surface area contributed by atoms with Crippen LogP contribution >= 0.6 is 15.9 Å². The third-order valence-corrected chi connectivity index (χ3v) is 3.59. The number of anilines is 3. The number of nitrogens with one attached hydrogen (secondary N) is 1. The molecule has 0 atom stereocenters. The predicted molar refractivity (Wildman–Crippen MR) is 88.8 cm³/mol. The average molecular weight is 358 g/mol. The second kappa shape index (κ2) is 5.98. The predicted octanol–water partition coefficient (Wildman–Crippen LogP) is 3.33. The lowest BCUT2D eigenvalue weighted by atomic mass is 10.1. The smallest absolute Gasteiger partial charge is 0.222 e. The summed E-state index contributed by atoms with van der Waals surface area (Å²) in [6.07, 6.45) is 3.37. The third kappa shape index (κ3) is 3.15. The molecule has 0 bridgehead atoms. The minimum atomic E-state index is 0.138. The summed E-state index contributed by atoms with van der Waals surface area (Å²) in [6, 6.07) is 10.4. The number of aromatic hydroxyl groups is 1.